The summed E-state index contributed by atoms with van der Waals surface area (Å²) in [5.74, 6) is -1.32. The third-order valence-electron chi connectivity index (χ3n) is 3.48. The molecule has 1 unspecified atom stereocenters. The second-order valence-corrected chi connectivity index (χ2v) is 5.84. The number of hydrogen-bond donors (Lipinski definition) is 4. The Hall–Kier alpha value is -1.51. The molecule has 1 aliphatic heterocycles. The Morgan fingerprint density at radius 3 is 2.81 bits per heavy atom. The normalized spacial score (nSPS) is 22.0. The van der Waals surface area contributed by atoms with Crippen molar-refractivity contribution in [1.82, 2.24) is 4.81 Å². The topological polar surface area (TPSA) is 89.9 Å². The minimum absolute atomic E-state index is 0.0284. The molecule has 1 fully saturated rings. The van der Waals surface area contributed by atoms with Crippen molar-refractivity contribution in [2.24, 2.45) is 0 Å². The summed E-state index contributed by atoms with van der Waals surface area (Å²) in [5, 5.41) is 21.4. The van der Waals surface area contributed by atoms with Gasteiger partial charge in [-0.05, 0) is 31.4 Å². The molecule has 1 heterocycles. The lowest BCUT2D eigenvalue weighted by atomic mass is 9.84. The predicted molar refractivity (Wildman–Crippen MR) is 83.8 cm³/mol. The molecule has 1 aliphatic rings. The van der Waals surface area contributed by atoms with E-state index in [1.54, 1.807) is 23.8 Å². The van der Waals surface area contributed by atoms with Crippen LogP contribution in [0.5, 0.6) is 0 Å². The molecule has 0 spiro atoms. The lowest BCUT2D eigenvalue weighted by molar-refractivity contribution is -0.119. The van der Waals surface area contributed by atoms with Crippen LogP contribution >= 0.6 is 12.6 Å². The Balaban J connectivity index is 2.10. The maximum atomic E-state index is 12.3. The quantitative estimate of drug-likeness (QED) is 0.488. The minimum Gasteiger partial charge on any atom is -0.478 e. The van der Waals surface area contributed by atoms with Crippen LogP contribution < -0.4 is 5.32 Å². The molecule has 3 N–H and O–H groups in total. The summed E-state index contributed by atoms with van der Waals surface area (Å²) in [6.45, 7) is 2.14. The molecule has 0 aromatic heterocycles. The Morgan fingerprint density at radius 2 is 2.19 bits per heavy atom. The predicted octanol–water partition coefficient (Wildman–Crippen LogP) is 0.806. The van der Waals surface area contributed by atoms with Crippen molar-refractivity contribution in [1.29, 1.82) is 0 Å². The van der Waals surface area contributed by atoms with Crippen molar-refractivity contribution in [3.05, 3.63) is 29.8 Å². The number of nitrogens with zero attached hydrogens (tertiary/aromatic N) is 1. The van der Waals surface area contributed by atoms with Crippen LogP contribution in [0.15, 0.2) is 24.3 Å². The maximum absolute atomic E-state index is 12.3. The summed E-state index contributed by atoms with van der Waals surface area (Å²) in [4.78, 5) is 24.9. The zero-order chi connectivity index (χ0) is 15.6. The highest BCUT2D eigenvalue weighted by molar-refractivity contribution is 7.81. The molecule has 1 amide bonds. The molecule has 2 rings (SSSR count). The van der Waals surface area contributed by atoms with Gasteiger partial charge in [0.25, 0.3) is 0 Å². The monoisotopic (exact) mass is 308 g/mol. The second-order valence-electron chi connectivity index (χ2n) is 5.11. The molecule has 0 saturated carbocycles. The van der Waals surface area contributed by atoms with Crippen LogP contribution in [0.1, 0.15) is 16.8 Å². The molecule has 2 atom stereocenters. The highest BCUT2D eigenvalue weighted by Crippen LogP contribution is 2.24. The summed E-state index contributed by atoms with van der Waals surface area (Å²) in [6.07, 6.45) is 0.540. The van der Waals surface area contributed by atoms with Crippen molar-refractivity contribution >= 4 is 37.2 Å². The van der Waals surface area contributed by atoms with E-state index in [4.69, 9.17) is 5.11 Å². The van der Waals surface area contributed by atoms with E-state index in [1.807, 2.05) is 0 Å². The third kappa shape index (κ3) is 3.78. The van der Waals surface area contributed by atoms with Gasteiger partial charge in [0.05, 0.1) is 11.6 Å². The molecule has 0 radical (unpaired) electrons. The molecular weight excluding hydrogens is 291 g/mol. The lowest BCUT2D eigenvalue weighted by Gasteiger charge is -2.24. The fraction of sp³-hybridized carbons (Fsp3) is 0.385. The van der Waals surface area contributed by atoms with E-state index in [1.165, 1.54) is 12.1 Å². The molecule has 112 valence electrons. The number of amides is 1. The number of aromatic carboxylic acids is 1. The summed E-state index contributed by atoms with van der Waals surface area (Å²) >= 11 is 4.36. The number of carboxylic acid groups (broad SMARTS) is 1. The molecule has 0 aliphatic carbocycles. The number of nitrogens with one attached hydrogen (secondary N) is 1. The lowest BCUT2D eigenvalue weighted by Crippen LogP contribution is -2.46. The number of carbonyl (C=O) groups excluding carboxylic acids is 1. The number of benzene rings is 1. The van der Waals surface area contributed by atoms with Crippen LogP contribution in [0.2, 0.25) is 6.82 Å². The first-order chi connectivity index (χ1) is 9.88. The third-order valence-corrected chi connectivity index (χ3v) is 3.85. The summed E-state index contributed by atoms with van der Waals surface area (Å²) < 4.78 is 0. The summed E-state index contributed by atoms with van der Waals surface area (Å²) in [6, 6.07) is 5.59. The first-order valence-corrected chi connectivity index (χ1v) is 7.16. The number of carboxylic acids is 1. The molecule has 0 bridgehead atoms. The molecule has 1 aromatic rings. The van der Waals surface area contributed by atoms with Crippen molar-refractivity contribution in [3.8, 4) is 0 Å². The van der Waals surface area contributed by atoms with Gasteiger partial charge in [-0.3, -0.25) is 4.79 Å². The van der Waals surface area contributed by atoms with Gasteiger partial charge in [-0.25, -0.2) is 4.79 Å². The molecule has 6 nitrogen and oxygen atoms in total. The maximum Gasteiger partial charge on any atom is 0.377 e. The van der Waals surface area contributed by atoms with Crippen molar-refractivity contribution in [2.75, 3.05) is 11.9 Å². The average Bonchev–Trinajstić information content (AvgIpc) is 2.81. The second kappa shape index (κ2) is 6.51. The average molecular weight is 308 g/mol. The largest absolute Gasteiger partial charge is 0.478 e. The fourth-order valence-corrected chi connectivity index (χ4v) is 2.85. The number of carbonyl (C=O) groups is 2. The summed E-state index contributed by atoms with van der Waals surface area (Å²) in [7, 11) is -0.733. The van der Waals surface area contributed by atoms with E-state index in [0.717, 1.165) is 0 Å². The highest BCUT2D eigenvalue weighted by atomic mass is 32.1. The van der Waals surface area contributed by atoms with E-state index >= 15 is 0 Å². The van der Waals surface area contributed by atoms with Gasteiger partial charge in [0.2, 0.25) is 5.91 Å². The van der Waals surface area contributed by atoms with Gasteiger partial charge in [0.15, 0.2) is 0 Å². The van der Waals surface area contributed by atoms with Gasteiger partial charge in [-0.1, -0.05) is 6.07 Å². The van der Waals surface area contributed by atoms with Crippen molar-refractivity contribution in [2.45, 2.75) is 24.5 Å². The van der Waals surface area contributed by atoms with Gasteiger partial charge < -0.3 is 20.3 Å². The van der Waals surface area contributed by atoms with E-state index in [9.17, 15) is 14.6 Å². The SMILES string of the molecule is CB(O)N1CC(S)C[C@H]1C(=O)Nc1cccc(C(=O)O)c1. The van der Waals surface area contributed by atoms with Crippen LogP contribution in [0.25, 0.3) is 0 Å². The summed E-state index contributed by atoms with van der Waals surface area (Å²) in [5.41, 5.74) is 0.534. The molecule has 8 heteroatoms. The Bertz CT molecular complexity index is 555. The van der Waals surface area contributed by atoms with E-state index in [-0.39, 0.29) is 16.7 Å². The number of thiol groups is 1. The number of anilines is 1. The van der Waals surface area contributed by atoms with Crippen molar-refractivity contribution in [3.63, 3.8) is 0 Å². The van der Waals surface area contributed by atoms with Crippen LogP contribution in [0.3, 0.4) is 0 Å². The molecule has 21 heavy (non-hydrogen) atoms. The molecular formula is C13H17BN2O4S. The van der Waals surface area contributed by atoms with Crippen LogP contribution in [-0.2, 0) is 4.79 Å². The van der Waals surface area contributed by atoms with Gasteiger partial charge in [0.1, 0.15) is 0 Å². The zero-order valence-corrected chi connectivity index (χ0v) is 12.5. The van der Waals surface area contributed by atoms with Crippen LogP contribution in [-0.4, -0.2) is 51.7 Å². The van der Waals surface area contributed by atoms with Gasteiger partial charge in [-0.2, -0.15) is 12.6 Å². The fourth-order valence-electron chi connectivity index (χ4n) is 2.46. The Morgan fingerprint density at radius 1 is 1.48 bits per heavy atom. The van der Waals surface area contributed by atoms with E-state index in [2.05, 4.69) is 17.9 Å². The Kier molecular flexibility index (Phi) is 4.92. The zero-order valence-electron chi connectivity index (χ0n) is 11.6. The first-order valence-electron chi connectivity index (χ1n) is 6.64. The van der Waals surface area contributed by atoms with Gasteiger partial charge >= 0.3 is 13.0 Å². The molecule has 1 saturated heterocycles. The van der Waals surface area contributed by atoms with Crippen LogP contribution in [0, 0.1) is 0 Å². The van der Waals surface area contributed by atoms with Gasteiger partial charge in [-0.15, -0.1) is 0 Å². The van der Waals surface area contributed by atoms with E-state index < -0.39 is 19.1 Å². The van der Waals surface area contributed by atoms with Crippen LogP contribution in [0.4, 0.5) is 5.69 Å². The standard InChI is InChI=1S/C13H17BN2O4S/c1-14(20)16-7-10(21)6-11(16)12(17)15-9-4-2-3-8(5-9)13(18)19/h2-5,10-11,20-21H,6-7H2,1H3,(H,15,17)(H,18,19)/t10?,11-/m0/s1. The first kappa shape index (κ1) is 15.9. The Labute approximate surface area is 128 Å². The molecule has 1 aromatic carbocycles. The van der Waals surface area contributed by atoms with Crippen molar-refractivity contribution < 1.29 is 19.7 Å². The van der Waals surface area contributed by atoms with Gasteiger partial charge in [0, 0.05) is 17.5 Å². The van der Waals surface area contributed by atoms with E-state index in [0.29, 0.717) is 18.7 Å². The number of rotatable bonds is 4. The highest BCUT2D eigenvalue weighted by Gasteiger charge is 2.38. The number of hydrogen-bond acceptors (Lipinski definition) is 5. The minimum atomic E-state index is -1.05. The smallest absolute Gasteiger partial charge is 0.377 e.